The third-order valence-corrected chi connectivity index (χ3v) is 4.50. The van der Waals surface area contributed by atoms with Crippen LogP contribution in [-0.4, -0.2) is 55.1 Å². The van der Waals surface area contributed by atoms with E-state index in [1.54, 1.807) is 0 Å². The zero-order valence-corrected chi connectivity index (χ0v) is 13.1. The van der Waals surface area contributed by atoms with Gasteiger partial charge in [-0.2, -0.15) is 0 Å². The van der Waals surface area contributed by atoms with Gasteiger partial charge < -0.3 is 14.6 Å². The molecule has 0 bridgehead atoms. The molecule has 0 spiro atoms. The Morgan fingerprint density at radius 2 is 2.14 bits per heavy atom. The van der Waals surface area contributed by atoms with Gasteiger partial charge in [-0.3, -0.25) is 4.90 Å². The molecule has 1 atom stereocenters. The Morgan fingerprint density at radius 1 is 1.38 bits per heavy atom. The molecule has 5 heteroatoms. The first-order chi connectivity index (χ1) is 10.0. The molecule has 1 fully saturated rings. The van der Waals surface area contributed by atoms with E-state index in [4.69, 9.17) is 21.1 Å². The second kappa shape index (κ2) is 6.13. The first-order valence-electron chi connectivity index (χ1n) is 7.48. The van der Waals surface area contributed by atoms with Gasteiger partial charge >= 0.3 is 0 Å². The van der Waals surface area contributed by atoms with E-state index < -0.39 is 5.60 Å². The summed E-state index contributed by atoms with van der Waals surface area (Å²) in [6, 6.07) is 5.77. The van der Waals surface area contributed by atoms with Gasteiger partial charge in [-0.1, -0.05) is 11.6 Å². The average molecular weight is 312 g/mol. The lowest BCUT2D eigenvalue weighted by atomic mass is 9.94. The van der Waals surface area contributed by atoms with Crippen molar-refractivity contribution >= 4 is 11.6 Å². The van der Waals surface area contributed by atoms with Crippen molar-refractivity contribution in [3.05, 3.63) is 28.8 Å². The minimum Gasteiger partial charge on any atom is -0.488 e. The summed E-state index contributed by atoms with van der Waals surface area (Å²) in [4.78, 5) is 2.16. The van der Waals surface area contributed by atoms with Gasteiger partial charge in [0.25, 0.3) is 0 Å². The lowest BCUT2D eigenvalue weighted by Crippen LogP contribution is -2.47. The minimum absolute atomic E-state index is 0.131. The maximum Gasteiger partial charge on any atom is 0.123 e. The largest absolute Gasteiger partial charge is 0.488 e. The first-order valence-corrected chi connectivity index (χ1v) is 7.86. The van der Waals surface area contributed by atoms with Gasteiger partial charge in [-0.25, -0.2) is 0 Å². The normalized spacial score (nSPS) is 23.9. The molecule has 0 radical (unpaired) electrons. The van der Waals surface area contributed by atoms with Gasteiger partial charge in [-0.05, 0) is 30.8 Å². The zero-order valence-electron chi connectivity index (χ0n) is 12.3. The summed E-state index contributed by atoms with van der Waals surface area (Å²) >= 11 is 6.01. The lowest BCUT2D eigenvalue weighted by molar-refractivity contribution is -0.0789. The van der Waals surface area contributed by atoms with Crippen LogP contribution in [0.25, 0.3) is 0 Å². The summed E-state index contributed by atoms with van der Waals surface area (Å²) in [5.74, 6) is 0.933. The van der Waals surface area contributed by atoms with Crippen molar-refractivity contribution in [2.75, 3.05) is 33.4 Å². The number of benzene rings is 1. The molecule has 3 rings (SSSR count). The number of hydrogen-bond donors (Lipinski definition) is 1. The minimum atomic E-state index is -0.623. The van der Waals surface area contributed by atoms with Crippen molar-refractivity contribution in [3.8, 4) is 5.75 Å². The summed E-state index contributed by atoms with van der Waals surface area (Å²) in [5, 5.41) is 11.3. The number of rotatable bonds is 4. The highest BCUT2D eigenvalue weighted by Crippen LogP contribution is 2.31. The van der Waals surface area contributed by atoms with Crippen LogP contribution in [0.1, 0.15) is 18.4 Å². The van der Waals surface area contributed by atoms with Gasteiger partial charge in [0.15, 0.2) is 0 Å². The van der Waals surface area contributed by atoms with Crippen LogP contribution in [0.3, 0.4) is 0 Å². The van der Waals surface area contributed by atoms with E-state index in [9.17, 15) is 5.11 Å². The number of hydrogen-bond acceptors (Lipinski definition) is 4. The molecule has 1 unspecified atom stereocenters. The van der Waals surface area contributed by atoms with Crippen LogP contribution < -0.4 is 4.74 Å². The SMILES string of the molecule is CN(CC1Cc2cc(Cl)ccc2O1)CC1(O)CCOCC1. The molecule has 4 nitrogen and oxygen atoms in total. The molecule has 0 amide bonds. The number of halogens is 1. The highest BCUT2D eigenvalue weighted by molar-refractivity contribution is 6.30. The Bertz CT molecular complexity index is 502. The van der Waals surface area contributed by atoms with Crippen LogP contribution >= 0.6 is 11.6 Å². The maximum atomic E-state index is 10.5. The predicted molar refractivity (Wildman–Crippen MR) is 82.1 cm³/mol. The van der Waals surface area contributed by atoms with Crippen LogP contribution in [0.5, 0.6) is 5.75 Å². The van der Waals surface area contributed by atoms with Gasteiger partial charge in [0.2, 0.25) is 0 Å². The third kappa shape index (κ3) is 3.69. The van der Waals surface area contributed by atoms with Crippen molar-refractivity contribution in [3.63, 3.8) is 0 Å². The average Bonchev–Trinajstić information content (AvgIpc) is 2.79. The standard InChI is InChI=1S/C16H22ClNO3/c1-18(11-16(19)4-6-20-7-5-16)10-14-9-12-8-13(17)2-3-15(12)21-14/h2-3,8,14,19H,4-7,9-11H2,1H3. The Labute approximate surface area is 130 Å². The van der Waals surface area contributed by atoms with Crippen LogP contribution in [0.15, 0.2) is 18.2 Å². The molecule has 0 saturated carbocycles. The molecule has 0 aliphatic carbocycles. The third-order valence-electron chi connectivity index (χ3n) is 4.27. The molecule has 1 aromatic carbocycles. The fraction of sp³-hybridized carbons (Fsp3) is 0.625. The molecule has 2 aliphatic heterocycles. The van der Waals surface area contributed by atoms with E-state index in [2.05, 4.69) is 4.90 Å². The fourth-order valence-corrected chi connectivity index (χ4v) is 3.41. The molecule has 1 aromatic rings. The van der Waals surface area contributed by atoms with Crippen LogP contribution in [0, 0.1) is 0 Å². The highest BCUT2D eigenvalue weighted by atomic mass is 35.5. The summed E-state index contributed by atoms with van der Waals surface area (Å²) in [5.41, 5.74) is 0.549. The van der Waals surface area contributed by atoms with Crippen molar-refractivity contribution in [2.45, 2.75) is 31.0 Å². The maximum absolute atomic E-state index is 10.5. The number of fused-ring (bicyclic) bond motifs is 1. The molecule has 1 saturated heterocycles. The topological polar surface area (TPSA) is 41.9 Å². The van der Waals surface area contributed by atoms with Crippen molar-refractivity contribution in [1.29, 1.82) is 0 Å². The van der Waals surface area contributed by atoms with Crippen LogP contribution in [-0.2, 0) is 11.2 Å². The fourth-order valence-electron chi connectivity index (χ4n) is 3.21. The van der Waals surface area contributed by atoms with Gasteiger partial charge in [-0.15, -0.1) is 0 Å². The van der Waals surface area contributed by atoms with E-state index in [1.165, 1.54) is 5.56 Å². The molecule has 2 heterocycles. The van der Waals surface area contributed by atoms with E-state index in [0.717, 1.165) is 23.7 Å². The van der Waals surface area contributed by atoms with Crippen LogP contribution in [0.2, 0.25) is 5.02 Å². The Hall–Kier alpha value is -0.810. The monoisotopic (exact) mass is 311 g/mol. The van der Waals surface area contributed by atoms with Crippen LogP contribution in [0.4, 0.5) is 0 Å². The number of nitrogens with zero attached hydrogens (tertiary/aromatic N) is 1. The van der Waals surface area contributed by atoms with Crippen molar-refractivity contribution < 1.29 is 14.6 Å². The molecule has 2 aliphatic rings. The number of ether oxygens (including phenoxy) is 2. The quantitative estimate of drug-likeness (QED) is 0.925. The summed E-state index contributed by atoms with van der Waals surface area (Å²) in [6.45, 7) is 2.76. The van der Waals surface area contributed by atoms with E-state index in [0.29, 0.717) is 32.6 Å². The first kappa shape index (κ1) is 15.1. The number of aliphatic hydroxyl groups is 1. The summed E-state index contributed by atoms with van der Waals surface area (Å²) in [7, 11) is 2.03. The highest BCUT2D eigenvalue weighted by Gasteiger charge is 2.32. The van der Waals surface area contributed by atoms with E-state index in [1.807, 2.05) is 25.2 Å². The second-order valence-electron chi connectivity index (χ2n) is 6.23. The van der Waals surface area contributed by atoms with Gasteiger partial charge in [0.05, 0.1) is 5.60 Å². The Kier molecular flexibility index (Phi) is 4.41. The molecule has 0 aromatic heterocycles. The molecular formula is C16H22ClNO3. The molecule has 116 valence electrons. The van der Waals surface area contributed by atoms with Crippen molar-refractivity contribution in [1.82, 2.24) is 4.90 Å². The molecule has 1 N–H and O–H groups in total. The lowest BCUT2D eigenvalue weighted by Gasteiger charge is -2.36. The molecular weight excluding hydrogens is 290 g/mol. The Balaban J connectivity index is 1.53. The van der Waals surface area contributed by atoms with Crippen molar-refractivity contribution in [2.24, 2.45) is 0 Å². The number of likely N-dealkylation sites (N-methyl/N-ethyl adjacent to an activating group) is 1. The van der Waals surface area contributed by atoms with Gasteiger partial charge in [0, 0.05) is 50.6 Å². The molecule has 21 heavy (non-hydrogen) atoms. The summed E-state index contributed by atoms with van der Waals surface area (Å²) in [6.07, 6.45) is 2.42. The van der Waals surface area contributed by atoms with E-state index in [-0.39, 0.29) is 6.10 Å². The predicted octanol–water partition coefficient (Wildman–Crippen LogP) is 2.12. The zero-order chi connectivity index (χ0) is 14.9. The second-order valence-corrected chi connectivity index (χ2v) is 6.67. The van der Waals surface area contributed by atoms with Gasteiger partial charge in [0.1, 0.15) is 11.9 Å². The van der Waals surface area contributed by atoms with E-state index >= 15 is 0 Å². The summed E-state index contributed by atoms with van der Waals surface area (Å²) < 4.78 is 11.3. The Morgan fingerprint density at radius 3 is 2.90 bits per heavy atom. The smallest absolute Gasteiger partial charge is 0.123 e.